The summed E-state index contributed by atoms with van der Waals surface area (Å²) in [5, 5.41) is 16.2. The SMILES string of the molecule is CCn1nc(C(C)C)cc1C(=O)NC1COCC1C(=O)O. The second-order valence-electron chi connectivity index (χ2n) is 5.49. The number of rotatable bonds is 5. The Morgan fingerprint density at radius 1 is 1.52 bits per heavy atom. The molecule has 0 bridgehead atoms. The van der Waals surface area contributed by atoms with Gasteiger partial charge in [-0.15, -0.1) is 0 Å². The maximum absolute atomic E-state index is 12.4. The molecule has 1 fully saturated rings. The maximum atomic E-state index is 12.4. The largest absolute Gasteiger partial charge is 0.481 e. The van der Waals surface area contributed by atoms with Crippen LogP contribution in [0, 0.1) is 5.92 Å². The Bertz CT molecular complexity index is 538. The summed E-state index contributed by atoms with van der Waals surface area (Å²) < 4.78 is 6.78. The summed E-state index contributed by atoms with van der Waals surface area (Å²) in [7, 11) is 0. The third-order valence-corrected chi connectivity index (χ3v) is 3.64. The van der Waals surface area contributed by atoms with Crippen LogP contribution in [0.1, 0.15) is 42.9 Å². The first-order valence-electron chi connectivity index (χ1n) is 7.13. The number of aryl methyl sites for hydroxylation is 1. The molecule has 1 aromatic heterocycles. The van der Waals surface area contributed by atoms with E-state index >= 15 is 0 Å². The number of aromatic nitrogens is 2. The van der Waals surface area contributed by atoms with Gasteiger partial charge in [0.05, 0.1) is 24.9 Å². The van der Waals surface area contributed by atoms with Crippen LogP contribution >= 0.6 is 0 Å². The van der Waals surface area contributed by atoms with E-state index in [1.54, 1.807) is 10.7 Å². The van der Waals surface area contributed by atoms with Gasteiger partial charge in [-0.3, -0.25) is 14.3 Å². The minimum Gasteiger partial charge on any atom is -0.481 e. The number of carboxylic acids is 1. The van der Waals surface area contributed by atoms with Gasteiger partial charge in [0.1, 0.15) is 11.6 Å². The number of nitrogens with zero attached hydrogens (tertiary/aromatic N) is 2. The first-order valence-corrected chi connectivity index (χ1v) is 7.13. The molecule has 1 amide bonds. The molecule has 2 heterocycles. The number of carbonyl (C=O) groups excluding carboxylic acids is 1. The predicted octanol–water partition coefficient (Wildman–Crippen LogP) is 0.856. The zero-order valence-corrected chi connectivity index (χ0v) is 12.5. The average Bonchev–Trinajstić information content (AvgIpc) is 3.04. The molecular weight excluding hydrogens is 274 g/mol. The molecule has 21 heavy (non-hydrogen) atoms. The molecule has 0 radical (unpaired) electrons. The van der Waals surface area contributed by atoms with E-state index < -0.39 is 17.9 Å². The van der Waals surface area contributed by atoms with Crippen molar-refractivity contribution in [1.29, 1.82) is 0 Å². The molecular formula is C14H21N3O4. The molecule has 1 aliphatic rings. The highest BCUT2D eigenvalue weighted by atomic mass is 16.5. The number of carboxylic acid groups (broad SMARTS) is 1. The molecule has 0 aliphatic carbocycles. The molecule has 2 rings (SSSR count). The predicted molar refractivity (Wildman–Crippen MR) is 75.2 cm³/mol. The summed E-state index contributed by atoms with van der Waals surface area (Å²) in [5.41, 5.74) is 1.30. The maximum Gasteiger partial charge on any atom is 0.311 e. The third-order valence-electron chi connectivity index (χ3n) is 3.64. The van der Waals surface area contributed by atoms with Crippen LogP contribution < -0.4 is 5.32 Å². The van der Waals surface area contributed by atoms with Gasteiger partial charge in [-0.1, -0.05) is 13.8 Å². The Labute approximate surface area is 123 Å². The van der Waals surface area contributed by atoms with E-state index in [9.17, 15) is 9.59 Å². The normalized spacial score (nSPS) is 21.7. The minimum atomic E-state index is -0.954. The lowest BCUT2D eigenvalue weighted by Gasteiger charge is -2.15. The lowest BCUT2D eigenvalue weighted by molar-refractivity contribution is -0.142. The van der Waals surface area contributed by atoms with Crippen LogP contribution in [0.4, 0.5) is 0 Å². The highest BCUT2D eigenvalue weighted by Crippen LogP contribution is 2.17. The fraction of sp³-hybridized carbons (Fsp3) is 0.643. The molecule has 116 valence electrons. The lowest BCUT2D eigenvalue weighted by atomic mass is 10.0. The quantitative estimate of drug-likeness (QED) is 0.840. The van der Waals surface area contributed by atoms with Crippen molar-refractivity contribution in [1.82, 2.24) is 15.1 Å². The monoisotopic (exact) mass is 295 g/mol. The van der Waals surface area contributed by atoms with Gasteiger partial charge in [0.15, 0.2) is 0 Å². The van der Waals surface area contributed by atoms with E-state index in [0.717, 1.165) is 5.69 Å². The minimum absolute atomic E-state index is 0.130. The Hall–Kier alpha value is -1.89. The Morgan fingerprint density at radius 3 is 2.81 bits per heavy atom. The van der Waals surface area contributed by atoms with Crippen LogP contribution in [-0.4, -0.2) is 46.0 Å². The van der Waals surface area contributed by atoms with Gasteiger partial charge in [0, 0.05) is 6.54 Å². The Morgan fingerprint density at radius 2 is 2.24 bits per heavy atom. The number of carbonyl (C=O) groups is 2. The van der Waals surface area contributed by atoms with E-state index in [4.69, 9.17) is 9.84 Å². The van der Waals surface area contributed by atoms with Gasteiger partial charge >= 0.3 is 5.97 Å². The molecule has 2 unspecified atom stereocenters. The van der Waals surface area contributed by atoms with Crippen LogP contribution in [-0.2, 0) is 16.1 Å². The van der Waals surface area contributed by atoms with Gasteiger partial charge in [0.25, 0.3) is 5.91 Å². The van der Waals surface area contributed by atoms with E-state index in [1.165, 1.54) is 0 Å². The van der Waals surface area contributed by atoms with Gasteiger partial charge in [-0.25, -0.2) is 0 Å². The smallest absolute Gasteiger partial charge is 0.311 e. The Kier molecular flexibility index (Phi) is 4.62. The van der Waals surface area contributed by atoms with E-state index in [-0.39, 0.29) is 25.0 Å². The van der Waals surface area contributed by atoms with Crippen LogP contribution in [0.5, 0.6) is 0 Å². The number of nitrogens with one attached hydrogen (secondary N) is 1. The summed E-state index contributed by atoms with van der Waals surface area (Å²) >= 11 is 0. The second kappa shape index (κ2) is 6.26. The number of ether oxygens (including phenoxy) is 1. The lowest BCUT2D eigenvalue weighted by Crippen LogP contribution is -2.43. The fourth-order valence-electron chi connectivity index (χ4n) is 2.32. The van der Waals surface area contributed by atoms with E-state index in [2.05, 4.69) is 10.4 Å². The van der Waals surface area contributed by atoms with Crippen molar-refractivity contribution < 1.29 is 19.4 Å². The van der Waals surface area contributed by atoms with Crippen LogP contribution in [0.2, 0.25) is 0 Å². The van der Waals surface area contributed by atoms with Gasteiger partial charge in [0.2, 0.25) is 0 Å². The summed E-state index contributed by atoms with van der Waals surface area (Å²) in [6.07, 6.45) is 0. The standard InChI is InChI=1S/C14H21N3O4/c1-4-17-12(5-10(16-17)8(2)3)13(18)15-11-7-21-6-9(11)14(19)20/h5,8-9,11H,4,6-7H2,1-3H3,(H,15,18)(H,19,20). The van der Waals surface area contributed by atoms with Crippen LogP contribution in [0.25, 0.3) is 0 Å². The molecule has 7 heteroatoms. The third kappa shape index (κ3) is 3.24. The average molecular weight is 295 g/mol. The van der Waals surface area contributed by atoms with E-state index in [1.807, 2.05) is 20.8 Å². The van der Waals surface area contributed by atoms with Crippen molar-refractivity contribution in [2.75, 3.05) is 13.2 Å². The van der Waals surface area contributed by atoms with Crippen LogP contribution in [0.15, 0.2) is 6.07 Å². The zero-order chi connectivity index (χ0) is 15.6. The summed E-state index contributed by atoms with van der Waals surface area (Å²) in [5.74, 6) is -1.73. The highest BCUT2D eigenvalue weighted by molar-refractivity contribution is 5.93. The van der Waals surface area contributed by atoms with Crippen molar-refractivity contribution in [3.63, 3.8) is 0 Å². The topological polar surface area (TPSA) is 93.5 Å². The molecule has 0 spiro atoms. The van der Waals surface area contributed by atoms with Crippen molar-refractivity contribution in [3.8, 4) is 0 Å². The first kappa shape index (κ1) is 15.5. The number of hydrogen-bond donors (Lipinski definition) is 2. The molecule has 1 aliphatic heterocycles. The van der Waals surface area contributed by atoms with Crippen molar-refractivity contribution in [3.05, 3.63) is 17.5 Å². The van der Waals surface area contributed by atoms with Crippen molar-refractivity contribution in [2.45, 2.75) is 39.3 Å². The molecule has 2 atom stereocenters. The first-order chi connectivity index (χ1) is 9.93. The summed E-state index contributed by atoms with van der Waals surface area (Å²) in [6, 6.07) is 1.26. The molecule has 1 aromatic rings. The summed E-state index contributed by atoms with van der Waals surface area (Å²) in [4.78, 5) is 23.5. The molecule has 7 nitrogen and oxygen atoms in total. The van der Waals surface area contributed by atoms with Gasteiger partial charge < -0.3 is 15.2 Å². The van der Waals surface area contributed by atoms with E-state index in [0.29, 0.717) is 12.2 Å². The number of hydrogen-bond acceptors (Lipinski definition) is 4. The molecule has 2 N–H and O–H groups in total. The van der Waals surface area contributed by atoms with Crippen LogP contribution in [0.3, 0.4) is 0 Å². The Balaban J connectivity index is 2.15. The van der Waals surface area contributed by atoms with Gasteiger partial charge in [-0.05, 0) is 18.9 Å². The molecule has 0 aromatic carbocycles. The van der Waals surface area contributed by atoms with Crippen molar-refractivity contribution in [2.24, 2.45) is 5.92 Å². The van der Waals surface area contributed by atoms with Crippen molar-refractivity contribution >= 4 is 11.9 Å². The molecule has 1 saturated heterocycles. The molecule has 0 saturated carbocycles. The number of aliphatic carboxylic acids is 1. The van der Waals surface area contributed by atoms with Gasteiger partial charge in [-0.2, -0.15) is 5.10 Å². The fourth-order valence-corrected chi connectivity index (χ4v) is 2.32. The second-order valence-corrected chi connectivity index (χ2v) is 5.49. The summed E-state index contributed by atoms with van der Waals surface area (Å²) in [6.45, 7) is 6.86. The number of amides is 1. The highest BCUT2D eigenvalue weighted by Gasteiger charge is 2.35. The zero-order valence-electron chi connectivity index (χ0n) is 12.5.